The Morgan fingerprint density at radius 3 is 2.52 bits per heavy atom. The van der Waals surface area contributed by atoms with Crippen molar-refractivity contribution in [2.75, 3.05) is 11.0 Å². The number of aromatic nitrogens is 1. The molecule has 1 aliphatic rings. The zero-order valence-corrected chi connectivity index (χ0v) is 17.4. The van der Waals surface area contributed by atoms with Crippen LogP contribution < -0.4 is 4.72 Å². The molecule has 160 valence electrons. The molecule has 0 aliphatic heterocycles. The highest BCUT2D eigenvalue weighted by Crippen LogP contribution is 2.35. The quantitative estimate of drug-likeness (QED) is 0.624. The third kappa shape index (κ3) is 4.80. The lowest BCUT2D eigenvalue weighted by molar-refractivity contribution is 0.475. The lowest BCUT2D eigenvalue weighted by Crippen LogP contribution is -2.09. The smallest absolute Gasteiger partial charge is 0.229 e. The van der Waals surface area contributed by atoms with E-state index in [4.69, 9.17) is 0 Å². The van der Waals surface area contributed by atoms with Crippen molar-refractivity contribution in [1.82, 2.24) is 4.98 Å². The Bertz CT molecular complexity index is 1300. The molecule has 1 aromatic heterocycles. The van der Waals surface area contributed by atoms with E-state index < -0.39 is 22.5 Å². The summed E-state index contributed by atoms with van der Waals surface area (Å²) in [4.78, 5) is 4.40. The average molecular weight is 444 g/mol. The summed E-state index contributed by atoms with van der Waals surface area (Å²) in [5, 5.41) is 0. The minimum Gasteiger partial charge on any atom is -0.284 e. The first-order valence-corrected chi connectivity index (χ1v) is 11.4. The van der Waals surface area contributed by atoms with Crippen LogP contribution in [-0.4, -0.2) is 19.7 Å². The molecule has 1 N–H and O–H groups in total. The highest BCUT2D eigenvalue weighted by Gasteiger charge is 2.20. The summed E-state index contributed by atoms with van der Waals surface area (Å²) in [6.07, 6.45) is 3.70. The number of nitrogens with zero attached hydrogens (tertiary/aromatic N) is 1. The highest BCUT2D eigenvalue weighted by molar-refractivity contribution is 7.92. The summed E-state index contributed by atoms with van der Waals surface area (Å²) < 4.78 is 66.6. The number of rotatable bonds is 4. The number of aryl methyl sites for hydroxylation is 2. The molecule has 0 fully saturated rings. The molecule has 0 saturated heterocycles. The first kappa shape index (κ1) is 21.1. The van der Waals surface area contributed by atoms with Crippen molar-refractivity contribution in [3.05, 3.63) is 93.8 Å². The lowest BCUT2D eigenvalue weighted by Gasteiger charge is -2.13. The Kier molecular flexibility index (Phi) is 5.58. The van der Waals surface area contributed by atoms with Gasteiger partial charge in [-0.05, 0) is 77.6 Å². The number of benzene rings is 2. The molecule has 0 bridgehead atoms. The van der Waals surface area contributed by atoms with Gasteiger partial charge < -0.3 is 0 Å². The van der Waals surface area contributed by atoms with E-state index in [0.717, 1.165) is 29.0 Å². The lowest BCUT2D eigenvalue weighted by atomic mass is 9.93. The van der Waals surface area contributed by atoms with Crippen LogP contribution in [0.15, 0.2) is 48.5 Å². The minimum atomic E-state index is -3.58. The van der Waals surface area contributed by atoms with Crippen LogP contribution in [0.25, 0.3) is 11.6 Å². The minimum absolute atomic E-state index is 0.0911. The fourth-order valence-corrected chi connectivity index (χ4v) is 4.32. The standard InChI is InChI=1S/C23H19F3N2O2S/c1-31(29,30)28-19-9-14(8-17(26)12-19)10-22-20-5-3-16(25)11-15(20)2-7-23-21(22)6-4-18(13-24)27-23/h3-6,8-12,28H,2,7,13H2,1H3. The molecule has 1 aliphatic carbocycles. The number of alkyl halides is 1. The third-order valence-electron chi connectivity index (χ3n) is 4.98. The molecule has 4 nitrogen and oxygen atoms in total. The molecule has 0 unspecified atom stereocenters. The van der Waals surface area contributed by atoms with Crippen molar-refractivity contribution >= 4 is 27.4 Å². The molecule has 31 heavy (non-hydrogen) atoms. The fourth-order valence-electron chi connectivity index (χ4n) is 3.78. The van der Waals surface area contributed by atoms with Crippen molar-refractivity contribution < 1.29 is 21.6 Å². The average Bonchev–Trinajstić information content (AvgIpc) is 2.82. The Balaban J connectivity index is 1.92. The number of fused-ring (bicyclic) bond motifs is 2. The molecule has 4 rings (SSSR count). The fraction of sp³-hybridized carbons (Fsp3) is 0.174. The van der Waals surface area contributed by atoms with Gasteiger partial charge in [0, 0.05) is 11.3 Å². The SMILES string of the molecule is CS(=O)(=O)Nc1cc(F)cc(C=C2c3ccc(F)cc3CCc3nc(CF)ccc32)c1. The second-order valence-corrected chi connectivity index (χ2v) is 9.19. The van der Waals surface area contributed by atoms with Crippen LogP contribution in [0, 0.1) is 11.6 Å². The number of anilines is 1. The number of pyridine rings is 1. The molecule has 0 radical (unpaired) electrons. The Hall–Kier alpha value is -3.13. The molecule has 8 heteroatoms. The summed E-state index contributed by atoms with van der Waals surface area (Å²) in [6.45, 7) is -0.696. The van der Waals surface area contributed by atoms with Gasteiger partial charge in [-0.15, -0.1) is 0 Å². The van der Waals surface area contributed by atoms with Crippen molar-refractivity contribution in [2.24, 2.45) is 0 Å². The summed E-state index contributed by atoms with van der Waals surface area (Å²) in [7, 11) is -3.58. The van der Waals surface area contributed by atoms with E-state index in [2.05, 4.69) is 9.71 Å². The van der Waals surface area contributed by atoms with E-state index in [1.165, 1.54) is 24.3 Å². The number of hydrogen-bond donors (Lipinski definition) is 1. The second-order valence-electron chi connectivity index (χ2n) is 7.44. The summed E-state index contributed by atoms with van der Waals surface area (Å²) in [5.41, 5.74) is 4.42. The molecule has 0 atom stereocenters. The van der Waals surface area contributed by atoms with Gasteiger partial charge in [0.1, 0.15) is 18.3 Å². The van der Waals surface area contributed by atoms with Gasteiger partial charge in [0.05, 0.1) is 17.6 Å². The number of halogens is 3. The predicted octanol–water partition coefficient (Wildman–Crippen LogP) is 4.89. The van der Waals surface area contributed by atoms with E-state index in [1.54, 1.807) is 24.3 Å². The number of hydrogen-bond acceptors (Lipinski definition) is 3. The molecule has 0 amide bonds. The maximum atomic E-state index is 14.2. The molecule has 3 aromatic rings. The van der Waals surface area contributed by atoms with Crippen LogP contribution in [-0.2, 0) is 29.5 Å². The molecular formula is C23H19F3N2O2S. The van der Waals surface area contributed by atoms with E-state index in [-0.39, 0.29) is 11.5 Å². The Labute approximate surface area is 178 Å². The van der Waals surface area contributed by atoms with E-state index in [9.17, 15) is 21.6 Å². The number of sulfonamides is 1. The van der Waals surface area contributed by atoms with Gasteiger partial charge in [0.15, 0.2) is 0 Å². The molecule has 0 saturated carbocycles. The monoisotopic (exact) mass is 444 g/mol. The zero-order valence-electron chi connectivity index (χ0n) is 16.6. The number of nitrogens with one attached hydrogen (secondary N) is 1. The predicted molar refractivity (Wildman–Crippen MR) is 115 cm³/mol. The van der Waals surface area contributed by atoms with E-state index in [0.29, 0.717) is 35.4 Å². The van der Waals surface area contributed by atoms with Crippen LogP contribution >= 0.6 is 0 Å². The highest BCUT2D eigenvalue weighted by atomic mass is 32.2. The Morgan fingerprint density at radius 2 is 1.77 bits per heavy atom. The second kappa shape index (κ2) is 8.19. The maximum Gasteiger partial charge on any atom is 0.229 e. The van der Waals surface area contributed by atoms with Gasteiger partial charge in [-0.25, -0.2) is 21.6 Å². The first-order valence-electron chi connectivity index (χ1n) is 9.56. The van der Waals surface area contributed by atoms with Gasteiger partial charge in [-0.3, -0.25) is 9.71 Å². The molecule has 2 aromatic carbocycles. The van der Waals surface area contributed by atoms with Gasteiger partial charge >= 0.3 is 0 Å². The topological polar surface area (TPSA) is 59.1 Å². The van der Waals surface area contributed by atoms with Crippen molar-refractivity contribution in [3.63, 3.8) is 0 Å². The van der Waals surface area contributed by atoms with Crippen LogP contribution in [0.5, 0.6) is 0 Å². The van der Waals surface area contributed by atoms with Crippen LogP contribution in [0.2, 0.25) is 0 Å². The van der Waals surface area contributed by atoms with Crippen molar-refractivity contribution in [1.29, 1.82) is 0 Å². The van der Waals surface area contributed by atoms with Crippen LogP contribution in [0.4, 0.5) is 18.9 Å². The summed E-state index contributed by atoms with van der Waals surface area (Å²) in [6, 6.07) is 11.7. The van der Waals surface area contributed by atoms with Crippen molar-refractivity contribution in [3.8, 4) is 0 Å². The van der Waals surface area contributed by atoms with Gasteiger partial charge in [0.25, 0.3) is 0 Å². The van der Waals surface area contributed by atoms with Crippen LogP contribution in [0.1, 0.15) is 33.6 Å². The van der Waals surface area contributed by atoms with Gasteiger partial charge in [-0.1, -0.05) is 12.1 Å². The largest absolute Gasteiger partial charge is 0.284 e. The Morgan fingerprint density at radius 1 is 1.00 bits per heavy atom. The van der Waals surface area contributed by atoms with Gasteiger partial charge in [0.2, 0.25) is 10.0 Å². The van der Waals surface area contributed by atoms with Crippen LogP contribution in [0.3, 0.4) is 0 Å². The maximum absolute atomic E-state index is 14.2. The normalized spacial score (nSPS) is 14.6. The van der Waals surface area contributed by atoms with Crippen molar-refractivity contribution in [2.45, 2.75) is 19.5 Å². The first-order chi connectivity index (χ1) is 14.7. The molecule has 0 spiro atoms. The molecule has 1 heterocycles. The van der Waals surface area contributed by atoms with E-state index >= 15 is 0 Å². The van der Waals surface area contributed by atoms with E-state index in [1.807, 2.05) is 0 Å². The van der Waals surface area contributed by atoms with Gasteiger partial charge in [-0.2, -0.15) is 0 Å². The third-order valence-corrected chi connectivity index (χ3v) is 5.59. The molecular weight excluding hydrogens is 425 g/mol. The summed E-state index contributed by atoms with van der Waals surface area (Å²) >= 11 is 0. The summed E-state index contributed by atoms with van der Waals surface area (Å²) in [5.74, 6) is -0.980. The zero-order chi connectivity index (χ0) is 22.2.